The average Bonchev–Trinajstić information content (AvgIpc) is 2.96. The summed E-state index contributed by atoms with van der Waals surface area (Å²) in [4.78, 5) is 0. The van der Waals surface area contributed by atoms with Gasteiger partial charge in [0.1, 0.15) is 5.01 Å². The lowest BCUT2D eigenvalue weighted by Crippen LogP contribution is -2.33. The SMILES string of the molecule is CCCNC1CCCC1CCSc1nnc(C)s1. The fourth-order valence-corrected chi connectivity index (χ4v) is 4.57. The summed E-state index contributed by atoms with van der Waals surface area (Å²) in [6.07, 6.45) is 6.71. The molecule has 1 aromatic heterocycles. The number of thioether (sulfide) groups is 1. The Morgan fingerprint density at radius 1 is 1.39 bits per heavy atom. The zero-order valence-electron chi connectivity index (χ0n) is 11.3. The molecule has 2 rings (SSSR count). The van der Waals surface area contributed by atoms with Crippen molar-refractivity contribution in [3.05, 3.63) is 5.01 Å². The van der Waals surface area contributed by atoms with E-state index in [0.717, 1.165) is 21.3 Å². The van der Waals surface area contributed by atoms with Gasteiger partial charge in [0.05, 0.1) is 0 Å². The second kappa shape index (κ2) is 7.46. The van der Waals surface area contributed by atoms with E-state index in [1.165, 1.54) is 44.4 Å². The van der Waals surface area contributed by atoms with Crippen LogP contribution < -0.4 is 5.32 Å². The van der Waals surface area contributed by atoms with Gasteiger partial charge in [0.15, 0.2) is 4.34 Å². The third-order valence-corrected chi connectivity index (χ3v) is 5.54. The van der Waals surface area contributed by atoms with E-state index in [-0.39, 0.29) is 0 Å². The van der Waals surface area contributed by atoms with E-state index < -0.39 is 0 Å². The lowest BCUT2D eigenvalue weighted by Gasteiger charge is -2.20. The van der Waals surface area contributed by atoms with Crippen LogP contribution >= 0.6 is 23.1 Å². The van der Waals surface area contributed by atoms with E-state index in [2.05, 4.69) is 22.4 Å². The number of aryl methyl sites for hydroxylation is 1. The second-order valence-electron chi connectivity index (χ2n) is 4.98. The first-order valence-electron chi connectivity index (χ1n) is 6.96. The molecule has 102 valence electrons. The summed E-state index contributed by atoms with van der Waals surface area (Å²) in [7, 11) is 0. The largest absolute Gasteiger partial charge is 0.314 e. The van der Waals surface area contributed by atoms with Crippen molar-refractivity contribution in [3.8, 4) is 0 Å². The molecule has 1 heterocycles. The Morgan fingerprint density at radius 3 is 3.00 bits per heavy atom. The number of hydrogen-bond donors (Lipinski definition) is 1. The van der Waals surface area contributed by atoms with Crippen LogP contribution in [-0.2, 0) is 0 Å². The van der Waals surface area contributed by atoms with Crippen molar-refractivity contribution < 1.29 is 0 Å². The van der Waals surface area contributed by atoms with Gasteiger partial charge in [0.25, 0.3) is 0 Å². The van der Waals surface area contributed by atoms with Crippen LogP contribution in [0.1, 0.15) is 44.0 Å². The van der Waals surface area contributed by atoms with Crippen molar-refractivity contribution in [1.82, 2.24) is 15.5 Å². The molecule has 0 aromatic carbocycles. The maximum absolute atomic E-state index is 4.16. The summed E-state index contributed by atoms with van der Waals surface area (Å²) in [6, 6.07) is 0.765. The Morgan fingerprint density at radius 2 is 2.28 bits per heavy atom. The number of rotatable bonds is 7. The smallest absolute Gasteiger partial charge is 0.174 e. The fraction of sp³-hybridized carbons (Fsp3) is 0.846. The lowest BCUT2D eigenvalue weighted by molar-refractivity contribution is 0.393. The van der Waals surface area contributed by atoms with Crippen molar-refractivity contribution in [2.75, 3.05) is 12.3 Å². The van der Waals surface area contributed by atoms with E-state index >= 15 is 0 Å². The molecule has 3 nitrogen and oxygen atoms in total. The highest BCUT2D eigenvalue weighted by molar-refractivity contribution is 8.01. The van der Waals surface area contributed by atoms with Crippen molar-refractivity contribution >= 4 is 23.1 Å². The predicted octanol–water partition coefficient (Wildman–Crippen LogP) is 3.50. The molecule has 1 fully saturated rings. The molecule has 0 amide bonds. The van der Waals surface area contributed by atoms with Gasteiger partial charge in [-0.2, -0.15) is 0 Å². The summed E-state index contributed by atoms with van der Waals surface area (Å²) in [5, 5.41) is 13.0. The predicted molar refractivity (Wildman–Crippen MR) is 79.4 cm³/mol. The highest BCUT2D eigenvalue weighted by atomic mass is 32.2. The van der Waals surface area contributed by atoms with Gasteiger partial charge in [-0.1, -0.05) is 36.4 Å². The molecule has 2 unspecified atom stereocenters. The summed E-state index contributed by atoms with van der Waals surface area (Å²) in [6.45, 7) is 5.43. The highest BCUT2D eigenvalue weighted by Crippen LogP contribution is 2.31. The van der Waals surface area contributed by atoms with Crippen molar-refractivity contribution in [3.63, 3.8) is 0 Å². The molecule has 1 aliphatic rings. The van der Waals surface area contributed by atoms with E-state index in [1.54, 1.807) is 11.3 Å². The monoisotopic (exact) mass is 285 g/mol. The van der Waals surface area contributed by atoms with Crippen molar-refractivity contribution in [2.24, 2.45) is 5.92 Å². The van der Waals surface area contributed by atoms with Crippen LogP contribution in [0.4, 0.5) is 0 Å². The van der Waals surface area contributed by atoms with Gasteiger partial charge in [-0.3, -0.25) is 0 Å². The Labute approximate surface area is 118 Å². The molecule has 0 saturated heterocycles. The van der Waals surface area contributed by atoms with E-state index in [4.69, 9.17) is 0 Å². The normalized spacial score (nSPS) is 23.7. The summed E-state index contributed by atoms with van der Waals surface area (Å²) < 4.78 is 1.13. The van der Waals surface area contributed by atoms with Crippen molar-refractivity contribution in [2.45, 2.75) is 56.3 Å². The fourth-order valence-electron chi connectivity index (χ4n) is 2.62. The molecule has 0 bridgehead atoms. The minimum Gasteiger partial charge on any atom is -0.314 e. The third kappa shape index (κ3) is 4.21. The van der Waals surface area contributed by atoms with Gasteiger partial charge in [0, 0.05) is 11.8 Å². The number of nitrogens with one attached hydrogen (secondary N) is 1. The number of hydrogen-bond acceptors (Lipinski definition) is 5. The van der Waals surface area contributed by atoms with Crippen LogP contribution in [0.15, 0.2) is 4.34 Å². The molecular weight excluding hydrogens is 262 g/mol. The number of nitrogens with zero attached hydrogens (tertiary/aromatic N) is 2. The van der Waals surface area contributed by atoms with Crippen LogP contribution in [0.25, 0.3) is 0 Å². The Hall–Kier alpha value is -0.130. The zero-order valence-corrected chi connectivity index (χ0v) is 12.9. The zero-order chi connectivity index (χ0) is 12.8. The maximum atomic E-state index is 4.16. The maximum Gasteiger partial charge on any atom is 0.174 e. The molecule has 2 atom stereocenters. The van der Waals surface area contributed by atoms with Crippen LogP contribution in [-0.4, -0.2) is 28.5 Å². The molecule has 1 aromatic rings. The van der Waals surface area contributed by atoms with Crippen molar-refractivity contribution in [1.29, 1.82) is 0 Å². The van der Waals surface area contributed by atoms with Gasteiger partial charge in [-0.25, -0.2) is 0 Å². The highest BCUT2D eigenvalue weighted by Gasteiger charge is 2.26. The molecule has 0 spiro atoms. The number of aromatic nitrogens is 2. The standard InChI is InChI=1S/C13H23N3S2/c1-3-8-14-12-6-4-5-11(12)7-9-17-13-16-15-10(2)18-13/h11-12,14H,3-9H2,1-2H3. The van der Waals surface area contributed by atoms with Gasteiger partial charge < -0.3 is 5.32 Å². The topological polar surface area (TPSA) is 37.8 Å². The molecule has 1 aliphatic carbocycles. The van der Waals surface area contributed by atoms with E-state index in [1.807, 2.05) is 18.7 Å². The third-order valence-electron chi connectivity index (χ3n) is 3.54. The van der Waals surface area contributed by atoms with Gasteiger partial charge in [-0.15, -0.1) is 10.2 Å². The summed E-state index contributed by atoms with van der Waals surface area (Å²) >= 11 is 3.58. The summed E-state index contributed by atoms with van der Waals surface area (Å²) in [5.74, 6) is 2.06. The molecular formula is C13H23N3S2. The van der Waals surface area contributed by atoms with Gasteiger partial charge in [0.2, 0.25) is 0 Å². The van der Waals surface area contributed by atoms with Gasteiger partial charge in [-0.05, 0) is 45.1 Å². The van der Waals surface area contributed by atoms with Gasteiger partial charge >= 0.3 is 0 Å². The molecule has 0 aliphatic heterocycles. The van der Waals surface area contributed by atoms with E-state index in [0.29, 0.717) is 0 Å². The molecule has 1 N–H and O–H groups in total. The minimum absolute atomic E-state index is 0.765. The minimum atomic E-state index is 0.765. The first-order valence-corrected chi connectivity index (χ1v) is 8.76. The quantitative estimate of drug-likeness (QED) is 0.778. The first-order chi connectivity index (χ1) is 8.79. The molecule has 1 saturated carbocycles. The molecule has 18 heavy (non-hydrogen) atoms. The van der Waals surface area contributed by atoms with Crippen LogP contribution in [0.3, 0.4) is 0 Å². The molecule has 5 heteroatoms. The first kappa shape index (κ1) is 14.3. The summed E-state index contributed by atoms with van der Waals surface area (Å²) in [5.41, 5.74) is 0. The Bertz CT molecular complexity index is 354. The van der Waals surface area contributed by atoms with Crippen LogP contribution in [0.2, 0.25) is 0 Å². The Balaban J connectivity index is 1.69. The average molecular weight is 285 g/mol. The lowest BCUT2D eigenvalue weighted by atomic mass is 10.0. The van der Waals surface area contributed by atoms with E-state index in [9.17, 15) is 0 Å². The van der Waals surface area contributed by atoms with Crippen LogP contribution in [0, 0.1) is 12.8 Å². The molecule has 0 radical (unpaired) electrons. The Kier molecular flexibility index (Phi) is 5.92. The second-order valence-corrected chi connectivity index (χ2v) is 7.50. The van der Waals surface area contributed by atoms with Crippen LogP contribution in [0.5, 0.6) is 0 Å².